The molecule has 1 saturated heterocycles. The van der Waals surface area contributed by atoms with Crippen molar-refractivity contribution in [3.05, 3.63) is 12.2 Å². The van der Waals surface area contributed by atoms with Gasteiger partial charge in [-0.2, -0.15) is 0 Å². The first-order valence-corrected chi connectivity index (χ1v) is 7.49. The predicted molar refractivity (Wildman–Crippen MR) is 72.4 cm³/mol. The van der Waals surface area contributed by atoms with Crippen LogP contribution in [0, 0.1) is 11.8 Å². The van der Waals surface area contributed by atoms with Crippen molar-refractivity contribution in [3.63, 3.8) is 0 Å². The average molecular weight is 270 g/mol. The summed E-state index contributed by atoms with van der Waals surface area (Å²) in [6.45, 7) is 2.14. The van der Waals surface area contributed by atoms with Crippen LogP contribution in [0.1, 0.15) is 45.4 Å². The fourth-order valence-corrected chi connectivity index (χ4v) is 3.29. The molecule has 3 N–H and O–H groups in total. The smallest absolute Gasteiger partial charge is 0.155 e. The summed E-state index contributed by atoms with van der Waals surface area (Å²) in [7, 11) is 0. The van der Waals surface area contributed by atoms with Gasteiger partial charge in [0.25, 0.3) is 0 Å². The number of ether oxygens (including phenoxy) is 1. The van der Waals surface area contributed by atoms with Crippen LogP contribution in [-0.2, 0) is 4.74 Å². The Hall–Kier alpha value is -0.420. The molecule has 1 unspecified atom stereocenters. The van der Waals surface area contributed by atoms with E-state index in [1.54, 1.807) is 6.08 Å². The molecule has 1 aliphatic heterocycles. The number of rotatable bonds is 6. The molecular weight excluding hydrogens is 244 g/mol. The van der Waals surface area contributed by atoms with Crippen LogP contribution >= 0.6 is 0 Å². The Balaban J connectivity index is 1.83. The maximum absolute atomic E-state index is 10.0. The maximum Gasteiger partial charge on any atom is 0.155 e. The molecule has 0 radical (unpaired) electrons. The van der Waals surface area contributed by atoms with Gasteiger partial charge in [0.05, 0.1) is 18.3 Å². The summed E-state index contributed by atoms with van der Waals surface area (Å²) in [4.78, 5) is 0. The Bertz CT molecular complexity index is 305. The van der Waals surface area contributed by atoms with E-state index in [1.165, 1.54) is 0 Å². The first-order chi connectivity index (χ1) is 9.11. The zero-order chi connectivity index (χ0) is 13.8. The van der Waals surface area contributed by atoms with E-state index in [-0.39, 0.29) is 17.9 Å². The third-order valence-electron chi connectivity index (χ3n) is 4.35. The molecular formula is C15H26O4. The molecule has 110 valence electrons. The van der Waals surface area contributed by atoms with Crippen molar-refractivity contribution in [3.8, 4) is 0 Å². The van der Waals surface area contributed by atoms with Gasteiger partial charge in [0.1, 0.15) is 0 Å². The molecule has 1 heterocycles. The summed E-state index contributed by atoms with van der Waals surface area (Å²) in [6, 6.07) is 0. The molecule has 2 rings (SSSR count). The van der Waals surface area contributed by atoms with Crippen LogP contribution in [0.2, 0.25) is 0 Å². The van der Waals surface area contributed by atoms with Gasteiger partial charge in [0, 0.05) is 18.8 Å². The van der Waals surface area contributed by atoms with Gasteiger partial charge in [-0.25, -0.2) is 0 Å². The number of fused-ring (bicyclic) bond motifs is 1. The van der Waals surface area contributed by atoms with Gasteiger partial charge < -0.3 is 20.1 Å². The van der Waals surface area contributed by atoms with Gasteiger partial charge in [0.15, 0.2) is 6.29 Å². The Morgan fingerprint density at radius 3 is 2.79 bits per heavy atom. The number of unbranched alkanes of at least 4 members (excludes halogenated alkanes) is 2. The maximum atomic E-state index is 10.0. The zero-order valence-corrected chi connectivity index (χ0v) is 11.6. The third kappa shape index (κ3) is 3.78. The minimum atomic E-state index is -0.687. The fourth-order valence-electron chi connectivity index (χ4n) is 3.29. The molecule has 1 aliphatic carbocycles. The second-order valence-electron chi connectivity index (χ2n) is 5.86. The van der Waals surface area contributed by atoms with Crippen molar-refractivity contribution in [2.75, 3.05) is 0 Å². The molecule has 0 spiro atoms. The number of hydrogen-bond acceptors (Lipinski definition) is 4. The molecule has 1 saturated carbocycles. The highest BCUT2D eigenvalue weighted by Gasteiger charge is 2.47. The van der Waals surface area contributed by atoms with E-state index >= 15 is 0 Å². The predicted octanol–water partition coefficient (Wildman–Crippen LogP) is 1.59. The minimum Gasteiger partial charge on any atom is -0.392 e. The molecule has 0 aromatic heterocycles. The van der Waals surface area contributed by atoms with E-state index in [0.717, 1.165) is 25.7 Å². The summed E-state index contributed by atoms with van der Waals surface area (Å²) >= 11 is 0. The summed E-state index contributed by atoms with van der Waals surface area (Å²) in [5, 5.41) is 29.4. The van der Waals surface area contributed by atoms with Crippen LogP contribution in [0.4, 0.5) is 0 Å². The van der Waals surface area contributed by atoms with Gasteiger partial charge in [-0.3, -0.25) is 0 Å². The highest BCUT2D eigenvalue weighted by molar-refractivity contribution is 5.06. The fraction of sp³-hybridized carbons (Fsp3) is 0.867. The number of hydrogen-bond donors (Lipinski definition) is 3. The van der Waals surface area contributed by atoms with E-state index in [4.69, 9.17) is 4.74 Å². The summed E-state index contributed by atoms with van der Waals surface area (Å²) in [5.74, 6) is 0.187. The third-order valence-corrected chi connectivity index (χ3v) is 4.35. The summed E-state index contributed by atoms with van der Waals surface area (Å²) in [5.41, 5.74) is 0. The molecule has 19 heavy (non-hydrogen) atoms. The largest absolute Gasteiger partial charge is 0.392 e. The van der Waals surface area contributed by atoms with Crippen LogP contribution in [0.3, 0.4) is 0 Å². The summed E-state index contributed by atoms with van der Waals surface area (Å²) < 4.78 is 5.37. The number of aliphatic hydroxyl groups is 3. The van der Waals surface area contributed by atoms with Crippen molar-refractivity contribution in [2.45, 2.75) is 70.1 Å². The standard InChI is InChI=1S/C15H26O4/c1-2-3-4-5-10(16)6-7-11-12-8-15(18)19-14(12)9-13(11)17/h6-7,10-18H,2-5,8-9H2,1H3/t10-,11+,12+,13+,14-,15?/m0/s1. The molecule has 2 fully saturated rings. The van der Waals surface area contributed by atoms with Crippen LogP contribution in [0.5, 0.6) is 0 Å². The highest BCUT2D eigenvalue weighted by Crippen LogP contribution is 2.43. The van der Waals surface area contributed by atoms with E-state index in [2.05, 4.69) is 6.92 Å². The van der Waals surface area contributed by atoms with Crippen molar-refractivity contribution in [1.29, 1.82) is 0 Å². The zero-order valence-electron chi connectivity index (χ0n) is 11.6. The monoisotopic (exact) mass is 270 g/mol. The first-order valence-electron chi connectivity index (χ1n) is 7.49. The van der Waals surface area contributed by atoms with Crippen LogP contribution < -0.4 is 0 Å². The SMILES string of the molecule is CCCCC[C@H](O)C=C[C@@H]1[C@H]2CC(O)O[C@H]2C[C@H]1O. The lowest BCUT2D eigenvalue weighted by Crippen LogP contribution is -2.19. The lowest BCUT2D eigenvalue weighted by atomic mass is 9.91. The van der Waals surface area contributed by atoms with Crippen LogP contribution in [-0.4, -0.2) is 39.9 Å². The Morgan fingerprint density at radius 1 is 1.26 bits per heavy atom. The molecule has 0 amide bonds. The van der Waals surface area contributed by atoms with Gasteiger partial charge in [-0.1, -0.05) is 38.3 Å². The van der Waals surface area contributed by atoms with Crippen LogP contribution in [0.25, 0.3) is 0 Å². The normalized spacial score (nSPS) is 39.9. The van der Waals surface area contributed by atoms with Crippen molar-refractivity contribution < 1.29 is 20.1 Å². The van der Waals surface area contributed by atoms with E-state index < -0.39 is 18.5 Å². The van der Waals surface area contributed by atoms with Crippen LogP contribution in [0.15, 0.2) is 12.2 Å². The molecule has 0 aromatic carbocycles. The topological polar surface area (TPSA) is 69.9 Å². The van der Waals surface area contributed by atoms with Crippen molar-refractivity contribution >= 4 is 0 Å². The second-order valence-corrected chi connectivity index (χ2v) is 5.86. The van der Waals surface area contributed by atoms with Gasteiger partial charge in [-0.15, -0.1) is 0 Å². The van der Waals surface area contributed by atoms with Crippen molar-refractivity contribution in [1.82, 2.24) is 0 Å². The Labute approximate surface area is 115 Å². The highest BCUT2D eigenvalue weighted by atomic mass is 16.6. The van der Waals surface area contributed by atoms with E-state index in [0.29, 0.717) is 12.8 Å². The Morgan fingerprint density at radius 2 is 2.05 bits per heavy atom. The lowest BCUT2D eigenvalue weighted by molar-refractivity contribution is -0.0949. The number of aliphatic hydroxyl groups excluding tert-OH is 3. The Kier molecular flexibility index (Phi) is 5.39. The molecule has 4 nitrogen and oxygen atoms in total. The van der Waals surface area contributed by atoms with E-state index in [1.807, 2.05) is 6.08 Å². The minimum absolute atomic E-state index is 0.00275. The molecule has 0 bridgehead atoms. The first kappa shape index (κ1) is 15.0. The average Bonchev–Trinajstić information content (AvgIpc) is 2.82. The van der Waals surface area contributed by atoms with Gasteiger partial charge in [-0.05, 0) is 12.3 Å². The lowest BCUT2D eigenvalue weighted by Gasteiger charge is -2.16. The molecule has 0 aromatic rings. The van der Waals surface area contributed by atoms with E-state index in [9.17, 15) is 15.3 Å². The van der Waals surface area contributed by atoms with Gasteiger partial charge >= 0.3 is 0 Å². The quantitative estimate of drug-likeness (QED) is 0.506. The molecule has 4 heteroatoms. The van der Waals surface area contributed by atoms with Crippen molar-refractivity contribution in [2.24, 2.45) is 11.8 Å². The second kappa shape index (κ2) is 6.84. The molecule has 2 aliphatic rings. The van der Waals surface area contributed by atoms with Gasteiger partial charge in [0.2, 0.25) is 0 Å². The summed E-state index contributed by atoms with van der Waals surface area (Å²) in [6.07, 6.45) is 7.44. The molecule has 6 atom stereocenters.